The molecule has 0 radical (unpaired) electrons. The fourth-order valence-corrected chi connectivity index (χ4v) is 2.41. The van der Waals surface area contributed by atoms with Crippen molar-refractivity contribution >= 4 is 5.91 Å². The number of nitrogens with zero attached hydrogens (tertiary/aromatic N) is 1. The Hall–Kier alpha value is -1.55. The average molecular weight is 290 g/mol. The van der Waals surface area contributed by atoms with Gasteiger partial charge in [0, 0.05) is 31.2 Å². The maximum atomic E-state index is 12.4. The SMILES string of the molecule is CC(C)CCOc1ccc(C(=O)N2CCNC(C)C2)cc1. The summed E-state index contributed by atoms with van der Waals surface area (Å²) in [6.07, 6.45) is 1.04. The van der Waals surface area contributed by atoms with E-state index in [9.17, 15) is 4.79 Å². The number of piperazine rings is 1. The molecule has 2 rings (SSSR count). The summed E-state index contributed by atoms with van der Waals surface area (Å²) in [6, 6.07) is 7.86. The highest BCUT2D eigenvalue weighted by atomic mass is 16.5. The summed E-state index contributed by atoms with van der Waals surface area (Å²) < 4.78 is 5.68. The maximum Gasteiger partial charge on any atom is 0.253 e. The number of carbonyl (C=O) groups excluding carboxylic acids is 1. The predicted molar refractivity (Wildman–Crippen MR) is 84.8 cm³/mol. The minimum atomic E-state index is 0.108. The van der Waals surface area contributed by atoms with E-state index >= 15 is 0 Å². The van der Waals surface area contributed by atoms with E-state index < -0.39 is 0 Å². The third kappa shape index (κ3) is 4.74. The normalized spacial score (nSPS) is 18.9. The lowest BCUT2D eigenvalue weighted by Crippen LogP contribution is -2.51. The predicted octanol–water partition coefficient (Wildman–Crippen LogP) is 2.55. The van der Waals surface area contributed by atoms with Gasteiger partial charge in [-0.1, -0.05) is 13.8 Å². The van der Waals surface area contributed by atoms with Gasteiger partial charge in [0.25, 0.3) is 5.91 Å². The van der Waals surface area contributed by atoms with Gasteiger partial charge in [0.05, 0.1) is 6.61 Å². The fourth-order valence-electron chi connectivity index (χ4n) is 2.41. The molecule has 1 aliphatic heterocycles. The summed E-state index contributed by atoms with van der Waals surface area (Å²) >= 11 is 0. The number of hydrogen-bond acceptors (Lipinski definition) is 3. The van der Waals surface area contributed by atoms with Gasteiger partial charge in [-0.2, -0.15) is 0 Å². The van der Waals surface area contributed by atoms with Crippen molar-refractivity contribution < 1.29 is 9.53 Å². The Kier molecular flexibility index (Phi) is 5.62. The first kappa shape index (κ1) is 15.8. The van der Waals surface area contributed by atoms with Crippen LogP contribution in [0.2, 0.25) is 0 Å². The van der Waals surface area contributed by atoms with E-state index in [1.807, 2.05) is 29.2 Å². The maximum absolute atomic E-state index is 12.4. The second-order valence-electron chi connectivity index (χ2n) is 6.16. The van der Waals surface area contributed by atoms with Gasteiger partial charge in [-0.3, -0.25) is 4.79 Å². The Morgan fingerprint density at radius 1 is 1.38 bits per heavy atom. The average Bonchev–Trinajstić information content (AvgIpc) is 2.47. The highest BCUT2D eigenvalue weighted by molar-refractivity contribution is 5.94. The molecule has 0 spiro atoms. The van der Waals surface area contributed by atoms with Crippen LogP contribution in [0.3, 0.4) is 0 Å². The standard InChI is InChI=1S/C17H26N2O2/c1-13(2)8-11-21-16-6-4-15(5-7-16)17(20)19-10-9-18-14(3)12-19/h4-7,13-14,18H,8-12H2,1-3H3. The highest BCUT2D eigenvalue weighted by Gasteiger charge is 2.21. The Balaban J connectivity index is 1.90. The Morgan fingerprint density at radius 3 is 2.71 bits per heavy atom. The number of carbonyl (C=O) groups is 1. The molecule has 4 heteroatoms. The van der Waals surface area contributed by atoms with E-state index in [-0.39, 0.29) is 5.91 Å². The van der Waals surface area contributed by atoms with Gasteiger partial charge in [-0.05, 0) is 43.5 Å². The zero-order valence-corrected chi connectivity index (χ0v) is 13.3. The van der Waals surface area contributed by atoms with Crippen molar-refractivity contribution in [1.82, 2.24) is 10.2 Å². The van der Waals surface area contributed by atoms with E-state index in [0.29, 0.717) is 12.0 Å². The summed E-state index contributed by atoms with van der Waals surface area (Å²) in [5, 5.41) is 3.35. The topological polar surface area (TPSA) is 41.6 Å². The van der Waals surface area contributed by atoms with Gasteiger partial charge >= 0.3 is 0 Å². The third-order valence-corrected chi connectivity index (χ3v) is 3.72. The first-order chi connectivity index (χ1) is 10.1. The Bertz CT molecular complexity index is 456. The molecule has 4 nitrogen and oxygen atoms in total. The minimum Gasteiger partial charge on any atom is -0.494 e. The number of ether oxygens (including phenoxy) is 1. The van der Waals surface area contributed by atoms with Crippen LogP contribution < -0.4 is 10.1 Å². The number of rotatable bonds is 5. The molecular formula is C17H26N2O2. The van der Waals surface area contributed by atoms with Crippen LogP contribution in [-0.2, 0) is 0 Å². The van der Waals surface area contributed by atoms with Crippen molar-refractivity contribution in [2.45, 2.75) is 33.2 Å². The Morgan fingerprint density at radius 2 is 2.10 bits per heavy atom. The smallest absolute Gasteiger partial charge is 0.253 e. The van der Waals surface area contributed by atoms with Gasteiger partial charge in [0.2, 0.25) is 0 Å². The van der Waals surface area contributed by atoms with Gasteiger partial charge in [-0.25, -0.2) is 0 Å². The van der Waals surface area contributed by atoms with Gasteiger partial charge < -0.3 is 15.0 Å². The molecule has 0 saturated carbocycles. The summed E-state index contributed by atoms with van der Waals surface area (Å²) in [6.45, 7) is 9.59. The van der Waals surface area contributed by atoms with Crippen molar-refractivity contribution in [3.63, 3.8) is 0 Å². The van der Waals surface area contributed by atoms with Crippen molar-refractivity contribution in [3.05, 3.63) is 29.8 Å². The van der Waals surface area contributed by atoms with E-state index in [0.717, 1.165) is 44.0 Å². The largest absolute Gasteiger partial charge is 0.494 e. The number of benzene rings is 1. The molecule has 0 bridgehead atoms. The number of amides is 1. The first-order valence-electron chi connectivity index (χ1n) is 7.82. The lowest BCUT2D eigenvalue weighted by atomic mass is 10.1. The highest BCUT2D eigenvalue weighted by Crippen LogP contribution is 2.15. The van der Waals surface area contributed by atoms with Gasteiger partial charge in [0.1, 0.15) is 5.75 Å². The molecule has 1 aromatic rings. The van der Waals surface area contributed by atoms with Crippen LogP contribution in [0, 0.1) is 5.92 Å². The molecule has 1 aliphatic rings. The molecule has 1 saturated heterocycles. The number of nitrogens with one attached hydrogen (secondary N) is 1. The molecule has 1 atom stereocenters. The van der Waals surface area contributed by atoms with Crippen LogP contribution in [-0.4, -0.2) is 43.1 Å². The molecule has 1 unspecified atom stereocenters. The first-order valence-corrected chi connectivity index (χ1v) is 7.82. The van der Waals surface area contributed by atoms with Crippen LogP contribution in [0.4, 0.5) is 0 Å². The third-order valence-electron chi connectivity index (χ3n) is 3.72. The quantitative estimate of drug-likeness (QED) is 0.906. The fraction of sp³-hybridized carbons (Fsp3) is 0.588. The van der Waals surface area contributed by atoms with Crippen molar-refractivity contribution in [2.75, 3.05) is 26.2 Å². The molecule has 0 aliphatic carbocycles. The van der Waals surface area contributed by atoms with Crippen molar-refractivity contribution in [2.24, 2.45) is 5.92 Å². The van der Waals surface area contributed by atoms with Crippen molar-refractivity contribution in [1.29, 1.82) is 0 Å². The Labute approximate surface area is 127 Å². The lowest BCUT2D eigenvalue weighted by Gasteiger charge is -2.32. The van der Waals surface area contributed by atoms with Crippen LogP contribution in [0.5, 0.6) is 5.75 Å². The summed E-state index contributed by atoms with van der Waals surface area (Å²) in [7, 11) is 0. The van der Waals surface area contributed by atoms with E-state index in [2.05, 4.69) is 26.1 Å². The molecule has 116 valence electrons. The zero-order valence-electron chi connectivity index (χ0n) is 13.3. The molecule has 0 aromatic heterocycles. The van der Waals surface area contributed by atoms with Gasteiger partial charge in [-0.15, -0.1) is 0 Å². The second-order valence-corrected chi connectivity index (χ2v) is 6.16. The molecule has 1 amide bonds. The van der Waals surface area contributed by atoms with E-state index in [1.165, 1.54) is 0 Å². The molecule has 1 heterocycles. The van der Waals surface area contributed by atoms with Crippen LogP contribution in [0.15, 0.2) is 24.3 Å². The molecular weight excluding hydrogens is 264 g/mol. The second kappa shape index (κ2) is 7.46. The lowest BCUT2D eigenvalue weighted by molar-refractivity contribution is 0.0709. The molecule has 1 fully saturated rings. The number of hydrogen-bond donors (Lipinski definition) is 1. The minimum absolute atomic E-state index is 0.108. The summed E-state index contributed by atoms with van der Waals surface area (Å²) in [4.78, 5) is 14.3. The monoisotopic (exact) mass is 290 g/mol. The van der Waals surface area contributed by atoms with Gasteiger partial charge in [0.15, 0.2) is 0 Å². The van der Waals surface area contributed by atoms with Crippen molar-refractivity contribution in [3.8, 4) is 5.75 Å². The summed E-state index contributed by atoms with van der Waals surface area (Å²) in [5.41, 5.74) is 0.736. The molecule has 1 N–H and O–H groups in total. The van der Waals surface area contributed by atoms with Crippen LogP contribution >= 0.6 is 0 Å². The summed E-state index contributed by atoms with van der Waals surface area (Å²) in [5.74, 6) is 1.58. The molecule has 21 heavy (non-hydrogen) atoms. The van der Waals surface area contributed by atoms with Crippen LogP contribution in [0.25, 0.3) is 0 Å². The molecule has 1 aromatic carbocycles. The van der Waals surface area contributed by atoms with E-state index in [4.69, 9.17) is 4.74 Å². The zero-order chi connectivity index (χ0) is 15.2. The van der Waals surface area contributed by atoms with Crippen LogP contribution in [0.1, 0.15) is 37.6 Å². The van der Waals surface area contributed by atoms with E-state index in [1.54, 1.807) is 0 Å².